The van der Waals surface area contributed by atoms with Gasteiger partial charge in [0.25, 0.3) is 0 Å². The summed E-state index contributed by atoms with van der Waals surface area (Å²) in [5.41, 5.74) is 1.13. The van der Waals surface area contributed by atoms with Crippen molar-refractivity contribution in [3.8, 4) is 0 Å². The first-order valence-electron chi connectivity index (χ1n) is 4.41. The molecule has 3 nitrogen and oxygen atoms in total. The molecule has 0 aromatic carbocycles. The zero-order valence-electron chi connectivity index (χ0n) is 8.13. The largest absolute Gasteiger partial charge is 0.478 e. The minimum atomic E-state index is -0.894. The quantitative estimate of drug-likeness (QED) is 0.781. The van der Waals surface area contributed by atoms with E-state index in [2.05, 4.69) is 0 Å². The van der Waals surface area contributed by atoms with E-state index in [4.69, 9.17) is 9.52 Å². The molecule has 1 aromatic heterocycles. The van der Waals surface area contributed by atoms with Crippen LogP contribution in [0.2, 0.25) is 0 Å². The smallest absolute Gasteiger partial charge is 0.339 e. The second-order valence-corrected chi connectivity index (χ2v) is 3.30. The zero-order chi connectivity index (χ0) is 10.0. The molecule has 13 heavy (non-hydrogen) atoms. The van der Waals surface area contributed by atoms with E-state index in [0.717, 1.165) is 5.56 Å². The average Bonchev–Trinajstić information content (AvgIpc) is 2.46. The van der Waals surface area contributed by atoms with Gasteiger partial charge in [0, 0.05) is 12.0 Å². The van der Waals surface area contributed by atoms with E-state index in [0.29, 0.717) is 17.7 Å². The fraction of sp³-hybridized carbons (Fsp3) is 0.500. The van der Waals surface area contributed by atoms with Crippen molar-refractivity contribution in [2.24, 2.45) is 0 Å². The van der Waals surface area contributed by atoms with Crippen LogP contribution in [-0.4, -0.2) is 11.1 Å². The van der Waals surface area contributed by atoms with Crippen LogP contribution in [0.15, 0.2) is 10.7 Å². The van der Waals surface area contributed by atoms with Gasteiger partial charge in [0.1, 0.15) is 11.3 Å². The van der Waals surface area contributed by atoms with Gasteiger partial charge in [-0.25, -0.2) is 4.79 Å². The molecule has 3 heteroatoms. The monoisotopic (exact) mass is 182 g/mol. The van der Waals surface area contributed by atoms with Crippen molar-refractivity contribution in [3.63, 3.8) is 0 Å². The minimum absolute atomic E-state index is 0.190. The van der Waals surface area contributed by atoms with Gasteiger partial charge < -0.3 is 9.52 Å². The number of rotatable bonds is 3. The summed E-state index contributed by atoms with van der Waals surface area (Å²) < 4.78 is 5.19. The van der Waals surface area contributed by atoms with E-state index >= 15 is 0 Å². The molecule has 1 N–H and O–H groups in total. The van der Waals surface area contributed by atoms with E-state index in [1.54, 1.807) is 6.26 Å². The van der Waals surface area contributed by atoms with Crippen LogP contribution in [0.4, 0.5) is 0 Å². The van der Waals surface area contributed by atoms with Gasteiger partial charge in [-0.05, 0) is 5.92 Å². The normalized spacial score (nSPS) is 10.8. The minimum Gasteiger partial charge on any atom is -0.478 e. The number of carboxylic acids is 1. The molecule has 0 saturated carbocycles. The summed E-state index contributed by atoms with van der Waals surface area (Å²) in [7, 11) is 0. The fourth-order valence-electron chi connectivity index (χ4n) is 1.34. The highest BCUT2D eigenvalue weighted by atomic mass is 16.4. The molecule has 0 spiro atoms. The van der Waals surface area contributed by atoms with Gasteiger partial charge in [-0.1, -0.05) is 20.8 Å². The first-order chi connectivity index (χ1) is 6.07. The Hall–Kier alpha value is -1.25. The molecule has 0 bridgehead atoms. The van der Waals surface area contributed by atoms with Gasteiger partial charge in [0.05, 0.1) is 6.26 Å². The van der Waals surface area contributed by atoms with Crippen molar-refractivity contribution in [1.29, 1.82) is 0 Å². The molecule has 0 saturated heterocycles. The number of hydrogen-bond acceptors (Lipinski definition) is 2. The van der Waals surface area contributed by atoms with Crippen molar-refractivity contribution in [2.45, 2.75) is 33.1 Å². The summed E-state index contributed by atoms with van der Waals surface area (Å²) in [6.07, 6.45) is 2.17. The first-order valence-corrected chi connectivity index (χ1v) is 4.41. The lowest BCUT2D eigenvalue weighted by Crippen LogP contribution is -2.03. The maximum atomic E-state index is 10.9. The van der Waals surface area contributed by atoms with E-state index in [9.17, 15) is 4.79 Å². The summed E-state index contributed by atoms with van der Waals surface area (Å²) in [4.78, 5) is 10.9. The second-order valence-electron chi connectivity index (χ2n) is 3.30. The van der Waals surface area contributed by atoms with Crippen LogP contribution in [0.1, 0.15) is 48.4 Å². The van der Waals surface area contributed by atoms with Crippen molar-refractivity contribution in [2.75, 3.05) is 0 Å². The average molecular weight is 182 g/mol. The highest BCUT2D eigenvalue weighted by molar-refractivity contribution is 5.90. The molecule has 0 fully saturated rings. The Morgan fingerprint density at radius 2 is 2.23 bits per heavy atom. The first kappa shape index (κ1) is 9.84. The van der Waals surface area contributed by atoms with Gasteiger partial charge in [-0.2, -0.15) is 0 Å². The molecule has 1 aromatic rings. The number of hydrogen-bond donors (Lipinski definition) is 1. The third kappa shape index (κ3) is 1.74. The van der Waals surface area contributed by atoms with E-state index in [-0.39, 0.29) is 5.92 Å². The standard InChI is InChI=1S/C10H14O3/c1-4-8-9(10(11)12)7(5-13-8)6(2)3/h5-6H,4H2,1-3H3,(H,11,12). The van der Waals surface area contributed by atoms with Crippen LogP contribution in [0.3, 0.4) is 0 Å². The molecule has 0 aliphatic heterocycles. The summed E-state index contributed by atoms with van der Waals surface area (Å²) in [6, 6.07) is 0. The predicted molar refractivity (Wildman–Crippen MR) is 49.1 cm³/mol. The summed E-state index contributed by atoms with van der Waals surface area (Å²) in [5.74, 6) is -0.138. The fourth-order valence-corrected chi connectivity index (χ4v) is 1.34. The molecular weight excluding hydrogens is 168 g/mol. The molecule has 0 atom stereocenters. The van der Waals surface area contributed by atoms with Crippen LogP contribution in [0.5, 0.6) is 0 Å². The Kier molecular flexibility index (Phi) is 2.76. The van der Waals surface area contributed by atoms with Gasteiger partial charge >= 0.3 is 5.97 Å². The van der Waals surface area contributed by atoms with Crippen LogP contribution in [0, 0.1) is 0 Å². The van der Waals surface area contributed by atoms with Gasteiger partial charge in [0.2, 0.25) is 0 Å². The van der Waals surface area contributed by atoms with Crippen molar-refractivity contribution in [1.82, 2.24) is 0 Å². The number of aryl methyl sites for hydroxylation is 1. The van der Waals surface area contributed by atoms with Crippen molar-refractivity contribution >= 4 is 5.97 Å². The predicted octanol–water partition coefficient (Wildman–Crippen LogP) is 2.66. The van der Waals surface area contributed by atoms with Crippen LogP contribution >= 0.6 is 0 Å². The zero-order valence-corrected chi connectivity index (χ0v) is 8.13. The second kappa shape index (κ2) is 3.64. The van der Waals surface area contributed by atoms with Crippen molar-refractivity contribution in [3.05, 3.63) is 23.2 Å². The SMILES string of the molecule is CCc1occ(C(C)C)c1C(=O)O. The maximum Gasteiger partial charge on any atom is 0.339 e. The highest BCUT2D eigenvalue weighted by Gasteiger charge is 2.20. The van der Waals surface area contributed by atoms with E-state index in [1.807, 2.05) is 20.8 Å². The molecule has 0 amide bonds. The van der Waals surface area contributed by atoms with Crippen LogP contribution < -0.4 is 0 Å². The summed E-state index contributed by atoms with van der Waals surface area (Å²) in [5, 5.41) is 8.96. The Morgan fingerprint density at radius 3 is 2.62 bits per heavy atom. The molecular formula is C10H14O3. The number of aromatic carboxylic acids is 1. The van der Waals surface area contributed by atoms with Gasteiger partial charge in [-0.15, -0.1) is 0 Å². The van der Waals surface area contributed by atoms with Crippen LogP contribution in [0.25, 0.3) is 0 Å². The topological polar surface area (TPSA) is 50.4 Å². The Balaban J connectivity index is 3.22. The Bertz CT molecular complexity index is 310. The molecule has 1 rings (SSSR count). The van der Waals surface area contributed by atoms with Crippen molar-refractivity contribution < 1.29 is 14.3 Å². The number of carboxylic acid groups (broad SMARTS) is 1. The molecule has 0 aliphatic rings. The number of furan rings is 1. The Labute approximate surface area is 77.4 Å². The summed E-state index contributed by atoms with van der Waals surface area (Å²) in [6.45, 7) is 5.79. The lowest BCUT2D eigenvalue weighted by molar-refractivity contribution is 0.0693. The lowest BCUT2D eigenvalue weighted by atomic mass is 10.00. The van der Waals surface area contributed by atoms with Gasteiger partial charge in [0.15, 0.2) is 0 Å². The summed E-state index contributed by atoms with van der Waals surface area (Å²) >= 11 is 0. The van der Waals surface area contributed by atoms with Crippen LogP contribution in [-0.2, 0) is 6.42 Å². The van der Waals surface area contributed by atoms with E-state index < -0.39 is 5.97 Å². The van der Waals surface area contributed by atoms with E-state index in [1.165, 1.54) is 0 Å². The highest BCUT2D eigenvalue weighted by Crippen LogP contribution is 2.24. The molecule has 1 heterocycles. The molecule has 0 unspecified atom stereocenters. The van der Waals surface area contributed by atoms with Gasteiger partial charge in [-0.3, -0.25) is 0 Å². The maximum absolute atomic E-state index is 10.9. The Morgan fingerprint density at radius 1 is 1.62 bits per heavy atom. The third-order valence-electron chi connectivity index (χ3n) is 2.05. The molecule has 72 valence electrons. The molecule has 0 aliphatic carbocycles. The number of carbonyl (C=O) groups is 1. The third-order valence-corrected chi connectivity index (χ3v) is 2.05. The lowest BCUT2D eigenvalue weighted by Gasteiger charge is -2.02. The molecule has 0 radical (unpaired) electrons.